The molecule has 0 radical (unpaired) electrons. The molecule has 3 rings (SSSR count). The van der Waals surface area contributed by atoms with E-state index in [9.17, 15) is 4.79 Å². The van der Waals surface area contributed by atoms with Crippen LogP contribution in [0.25, 0.3) is 0 Å². The number of carbonyl (C=O) groups excluding carboxylic acids is 1. The summed E-state index contributed by atoms with van der Waals surface area (Å²) in [6, 6.07) is 7.57. The Morgan fingerprint density at radius 1 is 1.22 bits per heavy atom. The highest BCUT2D eigenvalue weighted by Crippen LogP contribution is 2.18. The molecule has 0 unspecified atom stereocenters. The quantitative estimate of drug-likeness (QED) is 0.658. The van der Waals surface area contributed by atoms with Gasteiger partial charge in [0.25, 0.3) is 0 Å². The van der Waals surface area contributed by atoms with Crippen molar-refractivity contribution in [2.75, 3.05) is 0 Å². The minimum Gasteiger partial charge on any atom is -0.332 e. The highest BCUT2D eigenvalue weighted by molar-refractivity contribution is 5.95. The first-order valence-corrected chi connectivity index (χ1v) is 5.99. The lowest BCUT2D eigenvalue weighted by atomic mass is 10.1. The van der Waals surface area contributed by atoms with Gasteiger partial charge in [0.1, 0.15) is 0 Å². The SMILES string of the molecule is O=C1CCCn2c(C#Cc3cccnc3)ccc21. The number of ketones is 1. The predicted octanol–water partition coefficient (Wildman–Crippen LogP) is 2.26. The van der Waals surface area contributed by atoms with Crippen LogP contribution in [-0.2, 0) is 6.54 Å². The molecule has 3 heterocycles. The van der Waals surface area contributed by atoms with Gasteiger partial charge < -0.3 is 4.57 Å². The number of pyridine rings is 1. The van der Waals surface area contributed by atoms with Crippen molar-refractivity contribution < 1.29 is 4.79 Å². The number of aromatic nitrogens is 2. The minimum absolute atomic E-state index is 0.218. The van der Waals surface area contributed by atoms with E-state index in [2.05, 4.69) is 16.8 Å². The lowest BCUT2D eigenvalue weighted by Gasteiger charge is -2.14. The first-order valence-electron chi connectivity index (χ1n) is 5.99. The third-order valence-electron chi connectivity index (χ3n) is 3.05. The molecular weight excluding hydrogens is 224 g/mol. The Bertz CT molecular complexity index is 644. The molecule has 2 aromatic rings. The number of fused-ring (bicyclic) bond motifs is 1. The molecule has 1 aliphatic rings. The summed E-state index contributed by atoms with van der Waals surface area (Å²) >= 11 is 0. The smallest absolute Gasteiger partial charge is 0.179 e. The highest BCUT2D eigenvalue weighted by Gasteiger charge is 2.18. The maximum atomic E-state index is 11.7. The second kappa shape index (κ2) is 4.50. The number of Topliss-reactive ketones (excluding diaryl/α,β-unsaturated/α-hetero) is 1. The van der Waals surface area contributed by atoms with E-state index in [-0.39, 0.29) is 5.78 Å². The van der Waals surface area contributed by atoms with Gasteiger partial charge in [-0.25, -0.2) is 0 Å². The maximum Gasteiger partial charge on any atom is 0.179 e. The summed E-state index contributed by atoms with van der Waals surface area (Å²) in [5, 5.41) is 0. The third-order valence-corrected chi connectivity index (χ3v) is 3.05. The van der Waals surface area contributed by atoms with E-state index in [4.69, 9.17) is 0 Å². The molecular formula is C15H12N2O. The van der Waals surface area contributed by atoms with Crippen LogP contribution in [0.15, 0.2) is 36.7 Å². The van der Waals surface area contributed by atoms with E-state index >= 15 is 0 Å². The van der Waals surface area contributed by atoms with Gasteiger partial charge >= 0.3 is 0 Å². The zero-order chi connectivity index (χ0) is 12.4. The van der Waals surface area contributed by atoms with Crippen molar-refractivity contribution in [1.29, 1.82) is 0 Å². The molecule has 0 aromatic carbocycles. The molecule has 0 aliphatic carbocycles. The van der Waals surface area contributed by atoms with Crippen molar-refractivity contribution in [3.05, 3.63) is 53.6 Å². The summed E-state index contributed by atoms with van der Waals surface area (Å²) in [6.07, 6.45) is 5.02. The average Bonchev–Trinajstić information content (AvgIpc) is 2.82. The number of carbonyl (C=O) groups is 1. The third kappa shape index (κ3) is 1.93. The van der Waals surface area contributed by atoms with E-state index in [1.807, 2.05) is 28.8 Å². The molecule has 3 nitrogen and oxygen atoms in total. The van der Waals surface area contributed by atoms with Gasteiger partial charge in [0.05, 0.1) is 11.4 Å². The van der Waals surface area contributed by atoms with Crippen LogP contribution in [-0.4, -0.2) is 15.3 Å². The van der Waals surface area contributed by atoms with Crippen molar-refractivity contribution in [2.45, 2.75) is 19.4 Å². The van der Waals surface area contributed by atoms with Crippen LogP contribution >= 0.6 is 0 Å². The fourth-order valence-corrected chi connectivity index (χ4v) is 2.16. The summed E-state index contributed by atoms with van der Waals surface area (Å²) < 4.78 is 2.01. The van der Waals surface area contributed by atoms with Crippen LogP contribution in [0.1, 0.15) is 34.6 Å². The van der Waals surface area contributed by atoms with Crippen molar-refractivity contribution in [3.8, 4) is 11.8 Å². The van der Waals surface area contributed by atoms with E-state index in [0.29, 0.717) is 6.42 Å². The fourth-order valence-electron chi connectivity index (χ4n) is 2.16. The summed E-state index contributed by atoms with van der Waals surface area (Å²) in [5.74, 6) is 6.40. The van der Waals surface area contributed by atoms with Crippen molar-refractivity contribution in [2.24, 2.45) is 0 Å². The standard InChI is InChI=1S/C15H12N2O/c18-15-4-2-10-17-13(7-8-14(15)17)6-5-12-3-1-9-16-11-12/h1,3,7-9,11H,2,4,10H2. The molecule has 2 aromatic heterocycles. The largest absolute Gasteiger partial charge is 0.332 e. The molecule has 0 N–H and O–H groups in total. The first-order chi connectivity index (χ1) is 8.84. The lowest BCUT2D eigenvalue weighted by Crippen LogP contribution is -2.17. The van der Waals surface area contributed by atoms with Gasteiger partial charge in [-0.2, -0.15) is 0 Å². The first kappa shape index (κ1) is 10.8. The Morgan fingerprint density at radius 3 is 3.00 bits per heavy atom. The van der Waals surface area contributed by atoms with E-state index < -0.39 is 0 Å². The molecule has 0 bridgehead atoms. The predicted molar refractivity (Wildman–Crippen MR) is 68.2 cm³/mol. The molecule has 18 heavy (non-hydrogen) atoms. The molecule has 0 atom stereocenters. The molecule has 1 aliphatic heterocycles. The molecule has 0 amide bonds. The molecule has 3 heteroatoms. The van der Waals surface area contributed by atoms with Crippen molar-refractivity contribution >= 4 is 5.78 Å². The van der Waals surface area contributed by atoms with Crippen molar-refractivity contribution in [3.63, 3.8) is 0 Å². The Morgan fingerprint density at radius 2 is 2.17 bits per heavy atom. The van der Waals surface area contributed by atoms with E-state index in [1.54, 1.807) is 12.4 Å². The zero-order valence-electron chi connectivity index (χ0n) is 9.89. The summed E-state index contributed by atoms with van der Waals surface area (Å²) in [7, 11) is 0. The Hall–Kier alpha value is -2.34. The van der Waals surface area contributed by atoms with Gasteiger partial charge in [-0.1, -0.05) is 5.92 Å². The number of hydrogen-bond donors (Lipinski definition) is 0. The van der Waals surface area contributed by atoms with Crippen LogP contribution in [0.2, 0.25) is 0 Å². The van der Waals surface area contributed by atoms with Gasteiger partial charge in [-0.3, -0.25) is 9.78 Å². The Kier molecular flexibility index (Phi) is 2.70. The summed E-state index contributed by atoms with van der Waals surface area (Å²) in [5.41, 5.74) is 2.58. The van der Waals surface area contributed by atoms with E-state index in [0.717, 1.165) is 29.9 Å². The van der Waals surface area contributed by atoms with Crippen LogP contribution in [0.3, 0.4) is 0 Å². The lowest BCUT2D eigenvalue weighted by molar-refractivity contribution is 0.0955. The number of rotatable bonds is 0. The second-order valence-corrected chi connectivity index (χ2v) is 4.27. The Labute approximate surface area is 105 Å². The summed E-state index contributed by atoms with van der Waals surface area (Å²) in [4.78, 5) is 15.7. The van der Waals surface area contributed by atoms with Crippen LogP contribution in [0, 0.1) is 11.8 Å². The maximum absolute atomic E-state index is 11.7. The fraction of sp³-hybridized carbons (Fsp3) is 0.200. The molecule has 0 saturated carbocycles. The van der Waals surface area contributed by atoms with Gasteiger partial charge in [0.2, 0.25) is 0 Å². The van der Waals surface area contributed by atoms with Gasteiger partial charge in [-0.15, -0.1) is 0 Å². The molecule has 0 fully saturated rings. The van der Waals surface area contributed by atoms with Gasteiger partial charge in [-0.05, 0) is 36.6 Å². The van der Waals surface area contributed by atoms with Crippen LogP contribution in [0.4, 0.5) is 0 Å². The topological polar surface area (TPSA) is 34.9 Å². The number of nitrogens with zero attached hydrogens (tertiary/aromatic N) is 2. The molecule has 0 spiro atoms. The minimum atomic E-state index is 0.218. The van der Waals surface area contributed by atoms with Gasteiger partial charge in [0, 0.05) is 30.9 Å². The number of hydrogen-bond acceptors (Lipinski definition) is 2. The second-order valence-electron chi connectivity index (χ2n) is 4.27. The molecule has 88 valence electrons. The normalized spacial score (nSPS) is 13.7. The summed E-state index contributed by atoms with van der Waals surface area (Å²) in [6.45, 7) is 0.880. The van der Waals surface area contributed by atoms with E-state index in [1.165, 1.54) is 0 Å². The van der Waals surface area contributed by atoms with Crippen LogP contribution in [0.5, 0.6) is 0 Å². The zero-order valence-corrected chi connectivity index (χ0v) is 9.89. The monoisotopic (exact) mass is 236 g/mol. The average molecular weight is 236 g/mol. The molecule has 0 saturated heterocycles. The van der Waals surface area contributed by atoms with Gasteiger partial charge in [0.15, 0.2) is 5.78 Å². The van der Waals surface area contributed by atoms with Crippen LogP contribution < -0.4 is 0 Å². The Balaban J connectivity index is 1.96. The van der Waals surface area contributed by atoms with Crippen molar-refractivity contribution in [1.82, 2.24) is 9.55 Å². The highest BCUT2D eigenvalue weighted by atomic mass is 16.1.